The van der Waals surface area contributed by atoms with Gasteiger partial charge in [-0.3, -0.25) is 0 Å². The topological polar surface area (TPSA) is 32.3 Å². The van der Waals surface area contributed by atoms with E-state index in [1.54, 1.807) is 0 Å². The van der Waals surface area contributed by atoms with Gasteiger partial charge < -0.3 is 10.2 Å². The Balaban J connectivity index is 1.75. The highest BCUT2D eigenvalue weighted by molar-refractivity contribution is 5.75. The van der Waals surface area contributed by atoms with Crippen LogP contribution in [0.25, 0.3) is 0 Å². The molecule has 0 aromatic heterocycles. The molecule has 1 aliphatic carbocycles. The number of nitrogens with one attached hydrogen (secondary N) is 1. The van der Waals surface area contributed by atoms with Crippen LogP contribution in [0.1, 0.15) is 19.3 Å². The van der Waals surface area contributed by atoms with Gasteiger partial charge in [0.2, 0.25) is 0 Å². The minimum absolute atomic E-state index is 0.102. The van der Waals surface area contributed by atoms with Gasteiger partial charge in [0.1, 0.15) is 0 Å². The molecule has 66 valence electrons. The van der Waals surface area contributed by atoms with Crippen LogP contribution in [0, 0.1) is 0 Å². The minimum Gasteiger partial charge on any atom is -0.335 e. The highest BCUT2D eigenvalue weighted by Gasteiger charge is 2.22. The van der Waals surface area contributed by atoms with Crippen LogP contribution in [0.2, 0.25) is 0 Å². The maximum Gasteiger partial charge on any atom is 0.318 e. The lowest BCUT2D eigenvalue weighted by molar-refractivity contribution is 0.198. The molecule has 2 amide bonds. The van der Waals surface area contributed by atoms with Crippen LogP contribution in [-0.2, 0) is 0 Å². The quantitative estimate of drug-likeness (QED) is 0.582. The van der Waals surface area contributed by atoms with Gasteiger partial charge in [-0.2, -0.15) is 0 Å². The third-order valence-electron chi connectivity index (χ3n) is 2.54. The molecule has 0 unspecified atom stereocenters. The molecule has 0 radical (unpaired) electrons. The van der Waals surface area contributed by atoms with E-state index in [9.17, 15) is 4.79 Å². The van der Waals surface area contributed by atoms with Crippen molar-refractivity contribution in [2.24, 2.45) is 0 Å². The molecular formula is C9H14N2O. The van der Waals surface area contributed by atoms with Crippen molar-refractivity contribution < 1.29 is 4.79 Å². The third kappa shape index (κ3) is 1.44. The highest BCUT2D eigenvalue weighted by atomic mass is 16.2. The molecule has 1 heterocycles. The number of urea groups is 1. The molecule has 1 aliphatic heterocycles. The number of rotatable bonds is 1. The van der Waals surface area contributed by atoms with Crippen molar-refractivity contribution in [3.63, 3.8) is 0 Å². The van der Waals surface area contributed by atoms with Crippen molar-refractivity contribution >= 4 is 6.03 Å². The number of amides is 2. The predicted molar refractivity (Wildman–Crippen MR) is 46.9 cm³/mol. The Morgan fingerprint density at radius 1 is 1.33 bits per heavy atom. The maximum absolute atomic E-state index is 11.4. The van der Waals surface area contributed by atoms with Crippen molar-refractivity contribution in [3.8, 4) is 0 Å². The smallest absolute Gasteiger partial charge is 0.318 e. The van der Waals surface area contributed by atoms with Crippen molar-refractivity contribution in [1.82, 2.24) is 10.2 Å². The zero-order chi connectivity index (χ0) is 8.39. The van der Waals surface area contributed by atoms with E-state index in [2.05, 4.69) is 5.32 Å². The number of hydrogen-bond acceptors (Lipinski definition) is 1. The van der Waals surface area contributed by atoms with Gasteiger partial charge in [-0.1, -0.05) is 12.2 Å². The number of nitrogens with zero attached hydrogens (tertiary/aromatic N) is 1. The molecule has 0 spiro atoms. The van der Waals surface area contributed by atoms with Crippen molar-refractivity contribution in [2.45, 2.75) is 25.3 Å². The van der Waals surface area contributed by atoms with E-state index in [-0.39, 0.29) is 6.03 Å². The Kier molecular flexibility index (Phi) is 2.02. The van der Waals surface area contributed by atoms with Crippen molar-refractivity contribution in [1.29, 1.82) is 0 Å². The van der Waals surface area contributed by atoms with E-state index in [1.165, 1.54) is 6.42 Å². The summed E-state index contributed by atoms with van der Waals surface area (Å²) in [5.74, 6) is 0. The number of hydrogen-bond donors (Lipinski definition) is 1. The van der Waals surface area contributed by atoms with E-state index < -0.39 is 0 Å². The summed E-state index contributed by atoms with van der Waals surface area (Å²) >= 11 is 0. The molecule has 12 heavy (non-hydrogen) atoms. The lowest BCUT2D eigenvalue weighted by Crippen LogP contribution is -2.46. The third-order valence-corrected chi connectivity index (χ3v) is 2.54. The Morgan fingerprint density at radius 2 is 2.00 bits per heavy atom. The molecule has 1 N–H and O–H groups in total. The summed E-state index contributed by atoms with van der Waals surface area (Å²) in [6.45, 7) is 1.55. The van der Waals surface area contributed by atoms with Gasteiger partial charge in [-0.25, -0.2) is 4.79 Å². The largest absolute Gasteiger partial charge is 0.335 e. The Labute approximate surface area is 72.4 Å². The second-order valence-electron chi connectivity index (χ2n) is 3.45. The lowest BCUT2D eigenvalue weighted by Gasteiger charge is -2.28. The molecule has 2 rings (SSSR count). The molecule has 2 aliphatic rings. The summed E-state index contributed by atoms with van der Waals surface area (Å²) < 4.78 is 0. The summed E-state index contributed by atoms with van der Waals surface area (Å²) in [7, 11) is 0. The Hall–Kier alpha value is -0.990. The Morgan fingerprint density at radius 3 is 2.50 bits per heavy atom. The van der Waals surface area contributed by atoms with Crippen molar-refractivity contribution in [3.05, 3.63) is 12.2 Å². The normalized spacial score (nSPS) is 22.5. The first-order valence-electron chi connectivity index (χ1n) is 4.57. The first-order chi connectivity index (χ1) is 5.86. The first-order valence-corrected chi connectivity index (χ1v) is 4.57. The Bertz CT molecular complexity index is 201. The summed E-state index contributed by atoms with van der Waals surface area (Å²) in [5.41, 5.74) is 0. The van der Waals surface area contributed by atoms with Crippen molar-refractivity contribution in [2.75, 3.05) is 13.1 Å². The van der Waals surface area contributed by atoms with E-state index in [0.717, 1.165) is 25.9 Å². The van der Waals surface area contributed by atoms with Gasteiger partial charge in [0.25, 0.3) is 0 Å². The van der Waals surface area contributed by atoms with Gasteiger partial charge in [0.15, 0.2) is 0 Å². The van der Waals surface area contributed by atoms with Crippen LogP contribution in [0.4, 0.5) is 4.79 Å². The van der Waals surface area contributed by atoms with Crippen LogP contribution in [0.15, 0.2) is 12.2 Å². The van der Waals surface area contributed by atoms with E-state index >= 15 is 0 Å². The standard InChI is InChI=1S/C9H14N2O/c12-9(10-8-4-3-5-8)11-6-1-2-7-11/h1-2,8H,3-7H2,(H,10,12). The van der Waals surface area contributed by atoms with Crippen LogP contribution < -0.4 is 5.32 Å². The summed E-state index contributed by atoms with van der Waals surface area (Å²) in [5, 5.41) is 3.01. The van der Waals surface area contributed by atoms with Gasteiger partial charge in [-0.05, 0) is 19.3 Å². The average Bonchev–Trinajstić information content (AvgIpc) is 2.47. The molecule has 1 fully saturated rings. The predicted octanol–water partition coefficient (Wildman–Crippen LogP) is 1.12. The van der Waals surface area contributed by atoms with Gasteiger partial charge in [-0.15, -0.1) is 0 Å². The van der Waals surface area contributed by atoms with E-state index in [4.69, 9.17) is 0 Å². The fraction of sp³-hybridized carbons (Fsp3) is 0.667. The molecule has 0 atom stereocenters. The molecule has 0 saturated heterocycles. The summed E-state index contributed by atoms with van der Waals surface area (Å²) in [4.78, 5) is 13.2. The van der Waals surface area contributed by atoms with Gasteiger partial charge in [0, 0.05) is 19.1 Å². The summed E-state index contributed by atoms with van der Waals surface area (Å²) in [6, 6.07) is 0.558. The number of carbonyl (C=O) groups is 1. The molecule has 1 saturated carbocycles. The average molecular weight is 166 g/mol. The first kappa shape index (κ1) is 7.65. The maximum atomic E-state index is 11.4. The second-order valence-corrected chi connectivity index (χ2v) is 3.45. The lowest BCUT2D eigenvalue weighted by atomic mass is 9.93. The minimum atomic E-state index is 0.102. The van der Waals surface area contributed by atoms with Crippen LogP contribution in [0.3, 0.4) is 0 Å². The second kappa shape index (κ2) is 3.17. The zero-order valence-electron chi connectivity index (χ0n) is 7.12. The fourth-order valence-electron chi connectivity index (χ4n) is 1.46. The van der Waals surface area contributed by atoms with E-state index in [0.29, 0.717) is 6.04 Å². The van der Waals surface area contributed by atoms with Crippen LogP contribution in [-0.4, -0.2) is 30.1 Å². The van der Waals surface area contributed by atoms with Gasteiger partial charge >= 0.3 is 6.03 Å². The van der Waals surface area contributed by atoms with Gasteiger partial charge in [0.05, 0.1) is 0 Å². The zero-order valence-corrected chi connectivity index (χ0v) is 7.12. The molecule has 0 bridgehead atoms. The molecular weight excluding hydrogens is 152 g/mol. The van der Waals surface area contributed by atoms with Crippen LogP contribution >= 0.6 is 0 Å². The monoisotopic (exact) mass is 166 g/mol. The van der Waals surface area contributed by atoms with E-state index in [1.807, 2.05) is 17.1 Å². The van der Waals surface area contributed by atoms with Crippen LogP contribution in [0.5, 0.6) is 0 Å². The highest BCUT2D eigenvalue weighted by Crippen LogP contribution is 2.18. The molecule has 0 aromatic carbocycles. The fourth-order valence-corrected chi connectivity index (χ4v) is 1.46. The SMILES string of the molecule is O=C(NC1CCC1)N1CC=CC1. The molecule has 3 heteroatoms. The number of carbonyl (C=O) groups excluding carboxylic acids is 1. The molecule has 0 aromatic rings. The summed E-state index contributed by atoms with van der Waals surface area (Å²) in [6.07, 6.45) is 7.64. The molecule has 3 nitrogen and oxygen atoms in total.